The van der Waals surface area contributed by atoms with E-state index in [2.05, 4.69) is 30.8 Å². The minimum Gasteiger partial charge on any atom is -0.305 e. The Morgan fingerprint density at radius 3 is 2.83 bits per heavy atom. The zero-order valence-corrected chi connectivity index (χ0v) is 12.2. The van der Waals surface area contributed by atoms with Crippen LogP contribution in [0.1, 0.15) is 39.0 Å². The van der Waals surface area contributed by atoms with Crippen molar-refractivity contribution in [3.05, 3.63) is 0 Å². The van der Waals surface area contributed by atoms with Crippen molar-refractivity contribution in [1.29, 1.82) is 0 Å². The van der Waals surface area contributed by atoms with E-state index in [0.717, 1.165) is 38.3 Å². The summed E-state index contributed by atoms with van der Waals surface area (Å²) in [6, 6.07) is 0.676. The molecule has 0 aromatic rings. The number of piperidine rings is 1. The first kappa shape index (κ1) is 14.0. The van der Waals surface area contributed by atoms with E-state index in [4.69, 9.17) is 0 Å². The summed E-state index contributed by atoms with van der Waals surface area (Å²) in [5.74, 6) is 1.57. The minimum absolute atomic E-state index is 0.315. The molecule has 1 aliphatic carbocycles. The number of carbonyl (C=O) groups excluding carboxylic acids is 1. The Kier molecular flexibility index (Phi) is 4.79. The van der Waals surface area contributed by atoms with Gasteiger partial charge in [0.25, 0.3) is 0 Å². The number of carbonyl (C=O) groups is 1. The van der Waals surface area contributed by atoms with Gasteiger partial charge in [0.1, 0.15) is 5.78 Å². The van der Waals surface area contributed by atoms with E-state index in [0.29, 0.717) is 17.7 Å². The van der Waals surface area contributed by atoms with E-state index in [1.165, 1.54) is 19.4 Å². The van der Waals surface area contributed by atoms with Gasteiger partial charge in [0.05, 0.1) is 0 Å². The standard InChI is InChI=1S/C15H28N2O/c1-12-6-7-15(18)13(9-12)10-17-8-4-5-14(11-17)16(2)3/h12-14H,4-11H2,1-3H3. The molecule has 1 saturated heterocycles. The van der Waals surface area contributed by atoms with Crippen LogP contribution in [0.4, 0.5) is 0 Å². The Labute approximate surface area is 112 Å². The summed E-state index contributed by atoms with van der Waals surface area (Å²) < 4.78 is 0. The average molecular weight is 252 g/mol. The van der Waals surface area contributed by atoms with Crippen LogP contribution in [0.3, 0.4) is 0 Å². The number of likely N-dealkylation sites (tertiary alicyclic amines) is 1. The van der Waals surface area contributed by atoms with Crippen molar-refractivity contribution < 1.29 is 4.79 Å². The molecule has 1 aliphatic heterocycles. The van der Waals surface area contributed by atoms with Crippen LogP contribution in [-0.4, -0.2) is 55.4 Å². The fraction of sp³-hybridized carbons (Fsp3) is 0.933. The van der Waals surface area contributed by atoms with Gasteiger partial charge in [-0.2, -0.15) is 0 Å². The van der Waals surface area contributed by atoms with Crippen LogP contribution in [0.5, 0.6) is 0 Å². The molecule has 2 aliphatic rings. The Balaban J connectivity index is 1.86. The molecule has 0 radical (unpaired) electrons. The van der Waals surface area contributed by atoms with Crippen molar-refractivity contribution >= 4 is 5.78 Å². The molecular formula is C15H28N2O. The molecular weight excluding hydrogens is 224 g/mol. The highest BCUT2D eigenvalue weighted by molar-refractivity contribution is 5.81. The van der Waals surface area contributed by atoms with Gasteiger partial charge in [-0.25, -0.2) is 0 Å². The fourth-order valence-electron chi connectivity index (χ4n) is 3.43. The van der Waals surface area contributed by atoms with Crippen LogP contribution in [0.25, 0.3) is 0 Å². The Bertz CT molecular complexity index is 290. The van der Waals surface area contributed by atoms with Crippen LogP contribution in [0.15, 0.2) is 0 Å². The SMILES string of the molecule is CC1CCC(=O)C(CN2CCCC(N(C)C)C2)C1. The maximum atomic E-state index is 12.0. The van der Waals surface area contributed by atoms with Gasteiger partial charge in [-0.15, -0.1) is 0 Å². The van der Waals surface area contributed by atoms with E-state index >= 15 is 0 Å². The monoisotopic (exact) mass is 252 g/mol. The quantitative estimate of drug-likeness (QED) is 0.768. The Morgan fingerprint density at radius 2 is 2.11 bits per heavy atom. The van der Waals surface area contributed by atoms with Crippen molar-refractivity contribution in [2.24, 2.45) is 11.8 Å². The summed E-state index contributed by atoms with van der Waals surface area (Å²) in [6.07, 6.45) is 5.62. The third-order valence-electron chi connectivity index (χ3n) is 4.72. The summed E-state index contributed by atoms with van der Waals surface area (Å²) in [4.78, 5) is 16.8. The summed E-state index contributed by atoms with van der Waals surface area (Å²) in [6.45, 7) is 5.62. The van der Waals surface area contributed by atoms with Gasteiger partial charge in [0.15, 0.2) is 0 Å². The molecule has 3 heteroatoms. The summed E-state index contributed by atoms with van der Waals surface area (Å²) >= 11 is 0. The highest BCUT2D eigenvalue weighted by atomic mass is 16.1. The van der Waals surface area contributed by atoms with Crippen LogP contribution in [0, 0.1) is 11.8 Å². The largest absolute Gasteiger partial charge is 0.305 e. The molecule has 18 heavy (non-hydrogen) atoms. The number of ketones is 1. The van der Waals surface area contributed by atoms with E-state index in [9.17, 15) is 4.79 Å². The van der Waals surface area contributed by atoms with E-state index in [1.807, 2.05) is 0 Å². The molecule has 104 valence electrons. The first-order valence-corrected chi connectivity index (χ1v) is 7.47. The van der Waals surface area contributed by atoms with Gasteiger partial charge in [-0.3, -0.25) is 4.79 Å². The molecule has 2 fully saturated rings. The second-order valence-corrected chi connectivity index (χ2v) is 6.56. The van der Waals surface area contributed by atoms with E-state index < -0.39 is 0 Å². The molecule has 3 nitrogen and oxygen atoms in total. The first-order chi connectivity index (χ1) is 8.56. The molecule has 3 atom stereocenters. The van der Waals surface area contributed by atoms with Crippen LogP contribution < -0.4 is 0 Å². The molecule has 0 aromatic carbocycles. The van der Waals surface area contributed by atoms with Crippen molar-refractivity contribution in [1.82, 2.24) is 9.80 Å². The number of hydrogen-bond acceptors (Lipinski definition) is 3. The molecule has 2 rings (SSSR count). The van der Waals surface area contributed by atoms with Crippen molar-refractivity contribution in [3.63, 3.8) is 0 Å². The molecule has 0 spiro atoms. The Morgan fingerprint density at radius 1 is 1.33 bits per heavy atom. The van der Waals surface area contributed by atoms with Crippen LogP contribution >= 0.6 is 0 Å². The number of Topliss-reactive ketones (excluding diaryl/α,β-unsaturated/α-hetero) is 1. The second-order valence-electron chi connectivity index (χ2n) is 6.56. The summed E-state index contributed by atoms with van der Waals surface area (Å²) in [5.41, 5.74) is 0. The predicted molar refractivity (Wildman–Crippen MR) is 74.7 cm³/mol. The topological polar surface area (TPSA) is 23.6 Å². The maximum Gasteiger partial charge on any atom is 0.137 e. The van der Waals surface area contributed by atoms with Gasteiger partial charge in [-0.1, -0.05) is 6.92 Å². The molecule has 1 heterocycles. The number of hydrogen-bond donors (Lipinski definition) is 0. The highest BCUT2D eigenvalue weighted by Crippen LogP contribution is 2.27. The van der Waals surface area contributed by atoms with E-state index in [1.54, 1.807) is 0 Å². The third kappa shape index (κ3) is 3.55. The molecule has 0 bridgehead atoms. The lowest BCUT2D eigenvalue weighted by atomic mass is 9.81. The summed E-state index contributed by atoms with van der Waals surface area (Å²) in [5, 5.41) is 0. The van der Waals surface area contributed by atoms with Gasteiger partial charge in [0.2, 0.25) is 0 Å². The molecule has 3 unspecified atom stereocenters. The van der Waals surface area contributed by atoms with Crippen molar-refractivity contribution in [3.8, 4) is 0 Å². The molecule has 0 aromatic heterocycles. The highest BCUT2D eigenvalue weighted by Gasteiger charge is 2.30. The van der Waals surface area contributed by atoms with Gasteiger partial charge < -0.3 is 9.80 Å². The van der Waals surface area contributed by atoms with Crippen LogP contribution in [-0.2, 0) is 4.79 Å². The van der Waals surface area contributed by atoms with Gasteiger partial charge in [0, 0.05) is 31.5 Å². The number of rotatable bonds is 3. The van der Waals surface area contributed by atoms with Crippen molar-refractivity contribution in [2.45, 2.75) is 45.1 Å². The maximum absolute atomic E-state index is 12.0. The summed E-state index contributed by atoms with van der Waals surface area (Å²) in [7, 11) is 4.34. The van der Waals surface area contributed by atoms with E-state index in [-0.39, 0.29) is 0 Å². The fourth-order valence-corrected chi connectivity index (χ4v) is 3.43. The lowest BCUT2D eigenvalue weighted by molar-refractivity contribution is -0.126. The molecule has 0 amide bonds. The second kappa shape index (κ2) is 6.16. The molecule has 1 saturated carbocycles. The number of nitrogens with zero attached hydrogens (tertiary/aromatic N) is 2. The third-order valence-corrected chi connectivity index (χ3v) is 4.72. The van der Waals surface area contributed by atoms with Crippen molar-refractivity contribution in [2.75, 3.05) is 33.7 Å². The average Bonchev–Trinajstić information content (AvgIpc) is 2.34. The molecule has 0 N–H and O–H groups in total. The zero-order valence-electron chi connectivity index (χ0n) is 12.2. The lowest BCUT2D eigenvalue weighted by Gasteiger charge is -2.38. The zero-order chi connectivity index (χ0) is 13.1. The van der Waals surface area contributed by atoms with Gasteiger partial charge in [-0.05, 0) is 52.2 Å². The Hall–Kier alpha value is -0.410. The lowest BCUT2D eigenvalue weighted by Crippen LogP contribution is -2.47. The predicted octanol–water partition coefficient (Wildman–Crippen LogP) is 2.02. The minimum atomic E-state index is 0.315. The normalized spacial score (nSPS) is 35.1. The first-order valence-electron chi connectivity index (χ1n) is 7.47. The smallest absolute Gasteiger partial charge is 0.137 e. The number of likely N-dealkylation sites (N-methyl/N-ethyl adjacent to an activating group) is 1. The van der Waals surface area contributed by atoms with Gasteiger partial charge >= 0.3 is 0 Å². The van der Waals surface area contributed by atoms with Crippen LogP contribution in [0.2, 0.25) is 0 Å².